The van der Waals surface area contributed by atoms with Gasteiger partial charge in [0.2, 0.25) is 0 Å². The highest BCUT2D eigenvalue weighted by molar-refractivity contribution is 6.33. The molecule has 26 heavy (non-hydrogen) atoms. The highest BCUT2D eigenvalue weighted by Gasteiger charge is 2.28. The van der Waals surface area contributed by atoms with E-state index in [2.05, 4.69) is 27.5 Å². The van der Waals surface area contributed by atoms with Gasteiger partial charge < -0.3 is 10.3 Å². The Morgan fingerprint density at radius 1 is 1.15 bits per heavy atom. The SMILES string of the molecule is C=NNC(=O)C(NC(=O)c1ccccc1Cl)c1c(C)[nH]c2ccccc12. The van der Waals surface area contributed by atoms with Gasteiger partial charge in [0.1, 0.15) is 6.04 Å². The van der Waals surface area contributed by atoms with Gasteiger partial charge in [-0.25, -0.2) is 5.43 Å². The number of aromatic amines is 1. The summed E-state index contributed by atoms with van der Waals surface area (Å²) in [6, 6.07) is 13.3. The Balaban J connectivity index is 2.04. The molecule has 0 aliphatic carbocycles. The van der Waals surface area contributed by atoms with Crippen molar-refractivity contribution in [1.29, 1.82) is 0 Å². The molecule has 0 aliphatic rings. The van der Waals surface area contributed by atoms with Crippen LogP contribution in [-0.2, 0) is 4.79 Å². The van der Waals surface area contributed by atoms with Gasteiger partial charge in [-0.1, -0.05) is 41.9 Å². The highest BCUT2D eigenvalue weighted by Crippen LogP contribution is 2.28. The summed E-state index contributed by atoms with van der Waals surface area (Å²) in [5.41, 5.74) is 4.91. The molecule has 0 spiro atoms. The molecule has 132 valence electrons. The van der Waals surface area contributed by atoms with Crippen molar-refractivity contribution < 1.29 is 9.59 Å². The molecule has 1 heterocycles. The van der Waals surface area contributed by atoms with E-state index in [0.29, 0.717) is 10.6 Å². The van der Waals surface area contributed by atoms with Crippen LogP contribution in [0.2, 0.25) is 5.02 Å². The number of H-pyrrole nitrogens is 1. The van der Waals surface area contributed by atoms with Gasteiger partial charge in [0, 0.05) is 28.9 Å². The molecule has 3 N–H and O–H groups in total. The van der Waals surface area contributed by atoms with E-state index >= 15 is 0 Å². The summed E-state index contributed by atoms with van der Waals surface area (Å²) in [6.45, 7) is 5.12. The fourth-order valence-corrected chi connectivity index (χ4v) is 3.16. The molecule has 0 radical (unpaired) electrons. The zero-order valence-electron chi connectivity index (χ0n) is 14.0. The minimum Gasteiger partial charge on any atom is -0.358 e. The van der Waals surface area contributed by atoms with E-state index in [1.807, 2.05) is 31.2 Å². The Bertz CT molecular complexity index is 996. The number of hydrogen-bond acceptors (Lipinski definition) is 3. The Hall–Kier alpha value is -3.12. The van der Waals surface area contributed by atoms with Gasteiger partial charge in [-0.05, 0) is 25.1 Å². The van der Waals surface area contributed by atoms with Gasteiger partial charge in [-0.3, -0.25) is 9.59 Å². The number of rotatable bonds is 5. The van der Waals surface area contributed by atoms with Crippen LogP contribution >= 0.6 is 11.6 Å². The number of hydrazone groups is 1. The van der Waals surface area contributed by atoms with Crippen LogP contribution in [0.5, 0.6) is 0 Å². The van der Waals surface area contributed by atoms with Crippen LogP contribution in [0.1, 0.15) is 27.7 Å². The maximum absolute atomic E-state index is 12.7. The molecule has 3 rings (SSSR count). The number of carbonyl (C=O) groups is 2. The monoisotopic (exact) mass is 368 g/mol. The first kappa shape index (κ1) is 17.7. The predicted molar refractivity (Wildman–Crippen MR) is 102 cm³/mol. The summed E-state index contributed by atoms with van der Waals surface area (Å²) in [6.07, 6.45) is 0. The molecule has 1 atom stereocenters. The summed E-state index contributed by atoms with van der Waals surface area (Å²) in [5.74, 6) is -0.947. The molecule has 0 saturated heterocycles. The minimum absolute atomic E-state index is 0.288. The third-order valence-electron chi connectivity index (χ3n) is 4.08. The first-order valence-electron chi connectivity index (χ1n) is 7.91. The second-order valence-electron chi connectivity index (χ2n) is 5.73. The molecule has 1 unspecified atom stereocenters. The topological polar surface area (TPSA) is 86.3 Å². The lowest BCUT2D eigenvalue weighted by molar-refractivity contribution is -0.123. The van der Waals surface area contributed by atoms with Crippen molar-refractivity contribution in [3.8, 4) is 0 Å². The number of fused-ring (bicyclic) bond motifs is 1. The fourth-order valence-electron chi connectivity index (χ4n) is 2.94. The van der Waals surface area contributed by atoms with Crippen molar-refractivity contribution in [2.75, 3.05) is 0 Å². The average Bonchev–Trinajstić information content (AvgIpc) is 2.95. The third kappa shape index (κ3) is 3.32. The zero-order valence-corrected chi connectivity index (χ0v) is 14.8. The molecule has 1 aromatic heterocycles. The van der Waals surface area contributed by atoms with Gasteiger partial charge in [-0.15, -0.1) is 0 Å². The van der Waals surface area contributed by atoms with Crippen molar-refractivity contribution in [3.63, 3.8) is 0 Å². The summed E-state index contributed by atoms with van der Waals surface area (Å²) >= 11 is 6.10. The first-order valence-corrected chi connectivity index (χ1v) is 8.29. The number of nitrogens with one attached hydrogen (secondary N) is 3. The molecule has 0 aliphatic heterocycles. The van der Waals surface area contributed by atoms with Crippen LogP contribution in [0.4, 0.5) is 0 Å². The number of nitrogens with zero attached hydrogens (tertiary/aromatic N) is 1. The quantitative estimate of drug-likeness (QED) is 0.476. The maximum Gasteiger partial charge on any atom is 0.267 e. The van der Waals surface area contributed by atoms with Gasteiger partial charge >= 0.3 is 0 Å². The van der Waals surface area contributed by atoms with Gasteiger partial charge in [0.05, 0.1) is 10.6 Å². The van der Waals surface area contributed by atoms with Gasteiger partial charge in [-0.2, -0.15) is 5.10 Å². The highest BCUT2D eigenvalue weighted by atomic mass is 35.5. The molecule has 2 aromatic carbocycles. The normalized spacial score (nSPS) is 11.8. The summed E-state index contributed by atoms with van der Waals surface area (Å²) in [5, 5.41) is 7.34. The van der Waals surface area contributed by atoms with Crippen molar-refractivity contribution in [2.24, 2.45) is 5.10 Å². The van der Waals surface area contributed by atoms with Crippen LogP contribution < -0.4 is 10.7 Å². The molecular formula is C19H17ClN4O2. The largest absolute Gasteiger partial charge is 0.358 e. The van der Waals surface area contributed by atoms with Crippen molar-refractivity contribution in [3.05, 3.63) is 70.4 Å². The lowest BCUT2D eigenvalue weighted by Gasteiger charge is -2.18. The number of amides is 2. The fraction of sp³-hybridized carbons (Fsp3) is 0.105. The number of aryl methyl sites for hydroxylation is 1. The average molecular weight is 369 g/mol. The standard InChI is InChI=1S/C19H17ClN4O2/c1-11-16(13-8-4-6-10-15(13)22-11)17(19(26)24-21-2)23-18(25)12-7-3-5-9-14(12)20/h3-10,17,22H,2H2,1H3,(H,23,25)(H,24,26). The number of carbonyl (C=O) groups excluding carboxylic acids is 2. The number of halogens is 1. The number of benzene rings is 2. The van der Waals surface area contributed by atoms with Crippen molar-refractivity contribution >= 4 is 41.0 Å². The zero-order chi connectivity index (χ0) is 18.7. The molecule has 2 amide bonds. The molecule has 0 bridgehead atoms. The lowest BCUT2D eigenvalue weighted by atomic mass is 10.0. The van der Waals surface area contributed by atoms with E-state index in [4.69, 9.17) is 11.6 Å². The number of hydrogen-bond donors (Lipinski definition) is 3. The van der Waals surface area contributed by atoms with E-state index < -0.39 is 17.9 Å². The summed E-state index contributed by atoms with van der Waals surface area (Å²) in [4.78, 5) is 28.5. The van der Waals surface area contributed by atoms with Crippen LogP contribution in [-0.4, -0.2) is 23.5 Å². The lowest BCUT2D eigenvalue weighted by Crippen LogP contribution is -2.39. The summed E-state index contributed by atoms with van der Waals surface area (Å²) in [7, 11) is 0. The van der Waals surface area contributed by atoms with E-state index in [-0.39, 0.29) is 5.56 Å². The third-order valence-corrected chi connectivity index (χ3v) is 4.41. The predicted octanol–water partition coefficient (Wildman–Crippen LogP) is 3.33. The molecule has 0 saturated carbocycles. The number of aromatic nitrogens is 1. The second kappa shape index (κ2) is 7.41. The van der Waals surface area contributed by atoms with Crippen LogP contribution in [0.3, 0.4) is 0 Å². The van der Waals surface area contributed by atoms with Gasteiger partial charge in [0.25, 0.3) is 11.8 Å². The smallest absolute Gasteiger partial charge is 0.267 e. The Morgan fingerprint density at radius 2 is 1.85 bits per heavy atom. The number of para-hydroxylation sites is 1. The molecule has 6 nitrogen and oxygen atoms in total. The van der Waals surface area contributed by atoms with Crippen molar-refractivity contribution in [2.45, 2.75) is 13.0 Å². The Kier molecular flexibility index (Phi) is 5.04. The second-order valence-corrected chi connectivity index (χ2v) is 6.14. The molecule has 0 fully saturated rings. The minimum atomic E-state index is -0.958. The van der Waals surface area contributed by atoms with E-state index in [0.717, 1.165) is 16.6 Å². The Labute approximate surface area is 155 Å². The summed E-state index contributed by atoms with van der Waals surface area (Å²) < 4.78 is 0. The van der Waals surface area contributed by atoms with E-state index in [1.54, 1.807) is 24.3 Å². The van der Waals surface area contributed by atoms with E-state index in [9.17, 15) is 9.59 Å². The maximum atomic E-state index is 12.7. The van der Waals surface area contributed by atoms with E-state index in [1.165, 1.54) is 0 Å². The van der Waals surface area contributed by atoms with Crippen LogP contribution in [0.25, 0.3) is 10.9 Å². The van der Waals surface area contributed by atoms with Crippen molar-refractivity contribution in [1.82, 2.24) is 15.7 Å². The van der Waals surface area contributed by atoms with Gasteiger partial charge in [0.15, 0.2) is 0 Å². The molecule has 3 aromatic rings. The molecular weight excluding hydrogens is 352 g/mol. The first-order chi connectivity index (χ1) is 12.5. The molecule has 7 heteroatoms. The van der Waals surface area contributed by atoms with Crippen LogP contribution in [0.15, 0.2) is 53.6 Å². The van der Waals surface area contributed by atoms with Crippen LogP contribution in [0, 0.1) is 6.92 Å². The Morgan fingerprint density at radius 3 is 2.58 bits per heavy atom.